The fourth-order valence-corrected chi connectivity index (χ4v) is 3.60. The second-order valence-electron chi connectivity index (χ2n) is 7.00. The Hall–Kier alpha value is -3.67. The molecule has 2 N–H and O–H groups in total. The SMILES string of the molecule is CN1N=C(C(=O)N[C@@H](c2ccccc2)c2c(O)ccc3ccccc23)CCC1=O. The van der Waals surface area contributed by atoms with Crippen molar-refractivity contribution in [1.29, 1.82) is 0 Å². The Morgan fingerprint density at radius 3 is 2.52 bits per heavy atom. The number of phenolic OH excluding ortho intramolecular Hbond substituents is 1. The number of nitrogens with zero attached hydrogens (tertiary/aromatic N) is 2. The maximum atomic E-state index is 13.0. The molecule has 0 saturated heterocycles. The summed E-state index contributed by atoms with van der Waals surface area (Å²) < 4.78 is 0. The van der Waals surface area contributed by atoms with Crippen LogP contribution >= 0.6 is 0 Å². The quantitative estimate of drug-likeness (QED) is 0.720. The molecule has 1 heterocycles. The minimum atomic E-state index is -0.569. The van der Waals surface area contributed by atoms with Gasteiger partial charge in [0.05, 0.1) is 6.04 Å². The van der Waals surface area contributed by atoms with Gasteiger partial charge in [0.1, 0.15) is 11.5 Å². The minimum absolute atomic E-state index is 0.107. The van der Waals surface area contributed by atoms with E-state index in [-0.39, 0.29) is 30.4 Å². The smallest absolute Gasteiger partial charge is 0.268 e. The van der Waals surface area contributed by atoms with Crippen LogP contribution in [0.25, 0.3) is 10.8 Å². The number of phenols is 1. The molecule has 146 valence electrons. The lowest BCUT2D eigenvalue weighted by atomic mass is 9.92. The zero-order chi connectivity index (χ0) is 20.4. The largest absolute Gasteiger partial charge is 0.508 e. The Morgan fingerprint density at radius 2 is 1.76 bits per heavy atom. The van der Waals surface area contributed by atoms with Crippen molar-refractivity contribution in [3.63, 3.8) is 0 Å². The van der Waals surface area contributed by atoms with Crippen LogP contribution in [-0.4, -0.2) is 34.7 Å². The number of carbonyl (C=O) groups excluding carboxylic acids is 2. The van der Waals surface area contributed by atoms with Crippen molar-refractivity contribution in [2.45, 2.75) is 18.9 Å². The van der Waals surface area contributed by atoms with Crippen LogP contribution in [-0.2, 0) is 9.59 Å². The molecule has 0 fully saturated rings. The zero-order valence-corrected chi connectivity index (χ0v) is 16.0. The Bertz CT molecular complexity index is 1110. The van der Waals surface area contributed by atoms with Gasteiger partial charge in [0.25, 0.3) is 5.91 Å². The maximum absolute atomic E-state index is 13.0. The normalized spacial score (nSPS) is 15.1. The Kier molecular flexibility index (Phi) is 4.99. The molecule has 3 aromatic carbocycles. The summed E-state index contributed by atoms with van der Waals surface area (Å²) in [5.74, 6) is -0.367. The van der Waals surface area contributed by atoms with E-state index in [2.05, 4.69) is 10.4 Å². The van der Waals surface area contributed by atoms with Crippen LogP contribution in [0.1, 0.15) is 30.0 Å². The van der Waals surface area contributed by atoms with Crippen molar-refractivity contribution in [1.82, 2.24) is 10.3 Å². The van der Waals surface area contributed by atoms with Gasteiger partial charge >= 0.3 is 0 Å². The van der Waals surface area contributed by atoms with Gasteiger partial charge in [-0.05, 0) is 22.4 Å². The first-order chi connectivity index (χ1) is 14.0. The third-order valence-electron chi connectivity index (χ3n) is 5.11. The summed E-state index contributed by atoms with van der Waals surface area (Å²) in [5.41, 5.74) is 1.77. The molecule has 1 aliphatic rings. The van der Waals surface area contributed by atoms with Crippen LogP contribution in [0.3, 0.4) is 0 Å². The third-order valence-corrected chi connectivity index (χ3v) is 5.11. The average molecular weight is 387 g/mol. The van der Waals surface area contributed by atoms with Crippen LogP contribution in [0, 0.1) is 0 Å². The number of nitrogens with one attached hydrogen (secondary N) is 1. The Morgan fingerprint density at radius 1 is 1.03 bits per heavy atom. The molecule has 1 atom stereocenters. The van der Waals surface area contributed by atoms with E-state index in [0.29, 0.717) is 11.3 Å². The molecular formula is C23H21N3O3. The summed E-state index contributed by atoms with van der Waals surface area (Å²) in [5, 5.41) is 20.9. The summed E-state index contributed by atoms with van der Waals surface area (Å²) in [6.45, 7) is 0. The van der Waals surface area contributed by atoms with E-state index >= 15 is 0 Å². The molecule has 4 rings (SSSR count). The van der Waals surface area contributed by atoms with E-state index in [0.717, 1.165) is 16.3 Å². The first-order valence-corrected chi connectivity index (χ1v) is 9.45. The summed E-state index contributed by atoms with van der Waals surface area (Å²) in [7, 11) is 1.54. The topological polar surface area (TPSA) is 82.0 Å². The summed E-state index contributed by atoms with van der Waals surface area (Å²) in [6, 6.07) is 20.2. The number of aromatic hydroxyl groups is 1. The van der Waals surface area contributed by atoms with Gasteiger partial charge in [0, 0.05) is 25.5 Å². The molecule has 3 aromatic rings. The number of hydrogen-bond donors (Lipinski definition) is 2. The number of fused-ring (bicyclic) bond motifs is 1. The molecule has 0 radical (unpaired) electrons. The van der Waals surface area contributed by atoms with Crippen molar-refractivity contribution in [2.24, 2.45) is 5.10 Å². The van der Waals surface area contributed by atoms with E-state index in [9.17, 15) is 14.7 Å². The molecule has 0 aromatic heterocycles. The van der Waals surface area contributed by atoms with E-state index in [4.69, 9.17) is 0 Å². The third kappa shape index (κ3) is 3.69. The molecule has 0 unspecified atom stereocenters. The van der Waals surface area contributed by atoms with Gasteiger partial charge < -0.3 is 10.4 Å². The lowest BCUT2D eigenvalue weighted by Crippen LogP contribution is -2.39. The molecule has 0 saturated carbocycles. The van der Waals surface area contributed by atoms with Gasteiger partial charge in [-0.25, -0.2) is 5.01 Å². The molecule has 29 heavy (non-hydrogen) atoms. The minimum Gasteiger partial charge on any atom is -0.508 e. The second-order valence-corrected chi connectivity index (χ2v) is 7.00. The van der Waals surface area contributed by atoms with Crippen LogP contribution in [0.5, 0.6) is 5.75 Å². The first-order valence-electron chi connectivity index (χ1n) is 9.45. The number of hydrazone groups is 1. The number of hydrogen-bond acceptors (Lipinski definition) is 4. The van der Waals surface area contributed by atoms with Crippen molar-refractivity contribution < 1.29 is 14.7 Å². The average Bonchev–Trinajstić information content (AvgIpc) is 2.75. The van der Waals surface area contributed by atoms with E-state index in [1.165, 1.54) is 5.01 Å². The Labute approximate surface area is 168 Å². The lowest BCUT2D eigenvalue weighted by Gasteiger charge is -2.24. The summed E-state index contributed by atoms with van der Waals surface area (Å²) >= 11 is 0. The summed E-state index contributed by atoms with van der Waals surface area (Å²) in [4.78, 5) is 24.7. The molecule has 0 aliphatic carbocycles. The van der Waals surface area contributed by atoms with Crippen LogP contribution < -0.4 is 5.32 Å². The van der Waals surface area contributed by atoms with Gasteiger partial charge in [-0.2, -0.15) is 5.10 Å². The maximum Gasteiger partial charge on any atom is 0.268 e. The van der Waals surface area contributed by atoms with Gasteiger partial charge in [-0.1, -0.05) is 60.7 Å². The second kappa shape index (κ2) is 7.75. The first kappa shape index (κ1) is 18.7. The molecule has 2 amide bonds. The van der Waals surface area contributed by atoms with Crippen molar-refractivity contribution >= 4 is 28.3 Å². The fourth-order valence-electron chi connectivity index (χ4n) is 3.60. The van der Waals surface area contributed by atoms with E-state index < -0.39 is 6.04 Å². The summed E-state index contributed by atoms with van der Waals surface area (Å²) in [6.07, 6.45) is 0.538. The van der Waals surface area contributed by atoms with Crippen LogP contribution in [0.2, 0.25) is 0 Å². The highest BCUT2D eigenvalue weighted by atomic mass is 16.3. The number of rotatable bonds is 4. The van der Waals surface area contributed by atoms with Gasteiger partial charge in [-0.3, -0.25) is 9.59 Å². The van der Waals surface area contributed by atoms with Gasteiger partial charge in [-0.15, -0.1) is 0 Å². The van der Waals surface area contributed by atoms with Gasteiger partial charge in [0.2, 0.25) is 5.91 Å². The van der Waals surface area contributed by atoms with E-state index in [1.807, 2.05) is 60.7 Å². The van der Waals surface area contributed by atoms with E-state index in [1.54, 1.807) is 13.1 Å². The molecule has 6 heteroatoms. The van der Waals surface area contributed by atoms with Crippen molar-refractivity contribution in [2.75, 3.05) is 7.05 Å². The fraction of sp³-hybridized carbons (Fsp3) is 0.174. The number of amides is 2. The number of carbonyl (C=O) groups is 2. The predicted octanol–water partition coefficient (Wildman–Crippen LogP) is 3.36. The molecule has 6 nitrogen and oxygen atoms in total. The van der Waals surface area contributed by atoms with Crippen LogP contribution in [0.4, 0.5) is 0 Å². The molecule has 1 aliphatic heterocycles. The monoisotopic (exact) mass is 387 g/mol. The lowest BCUT2D eigenvalue weighted by molar-refractivity contribution is -0.130. The van der Waals surface area contributed by atoms with Crippen molar-refractivity contribution in [3.05, 3.63) is 77.9 Å². The molecular weight excluding hydrogens is 366 g/mol. The highest BCUT2D eigenvalue weighted by molar-refractivity contribution is 6.39. The molecule has 0 bridgehead atoms. The highest BCUT2D eigenvalue weighted by Crippen LogP contribution is 2.35. The van der Waals surface area contributed by atoms with Crippen LogP contribution in [0.15, 0.2) is 71.8 Å². The number of benzene rings is 3. The predicted molar refractivity (Wildman–Crippen MR) is 111 cm³/mol. The highest BCUT2D eigenvalue weighted by Gasteiger charge is 2.27. The van der Waals surface area contributed by atoms with Crippen molar-refractivity contribution in [3.8, 4) is 5.75 Å². The zero-order valence-electron chi connectivity index (χ0n) is 16.0. The van der Waals surface area contributed by atoms with Gasteiger partial charge in [0.15, 0.2) is 0 Å². The Balaban J connectivity index is 1.79. The standard InChI is InChI=1S/C23H21N3O3/c1-26-20(28)14-12-18(25-26)23(29)24-22(16-8-3-2-4-9-16)21-17-10-6-5-7-15(17)11-13-19(21)27/h2-11,13,22,27H,12,14H2,1H3,(H,24,29)/t22-/m0/s1. The molecule has 0 spiro atoms.